The largest absolute Gasteiger partial charge is 0.455 e. The van der Waals surface area contributed by atoms with E-state index in [-0.39, 0.29) is 27.8 Å². The van der Waals surface area contributed by atoms with Gasteiger partial charge in [-0.25, -0.2) is 4.98 Å². The second-order valence-electron chi connectivity index (χ2n) is 14.8. The van der Waals surface area contributed by atoms with Crippen LogP contribution in [0.3, 0.4) is 0 Å². The van der Waals surface area contributed by atoms with E-state index < -0.39 is 18.0 Å². The lowest BCUT2D eigenvalue weighted by atomic mass is 9.59. The maximum Gasteiger partial charge on any atom is 0.446 e. The molecule has 2 fully saturated rings. The molecule has 0 radical (unpaired) electrons. The molecule has 2 aromatic heterocycles. The van der Waals surface area contributed by atoms with E-state index >= 15 is 0 Å². The number of pyridine rings is 1. The summed E-state index contributed by atoms with van der Waals surface area (Å²) in [6.45, 7) is 3.78. The van der Waals surface area contributed by atoms with Crippen molar-refractivity contribution in [1.29, 1.82) is 0 Å². The van der Waals surface area contributed by atoms with E-state index in [1.165, 1.54) is 54.5 Å². The summed E-state index contributed by atoms with van der Waals surface area (Å²) in [6.07, 6.45) is 10.9. The third-order valence-electron chi connectivity index (χ3n) is 11.2. The molecule has 8 nitrogen and oxygen atoms in total. The third kappa shape index (κ3) is 8.87. The predicted octanol–water partition coefficient (Wildman–Crippen LogP) is 10.5. The number of ether oxygens (including phenoxy) is 1. The lowest BCUT2D eigenvalue weighted by molar-refractivity contribution is -0.0328. The van der Waals surface area contributed by atoms with Crippen LogP contribution in [0.25, 0.3) is 16.6 Å². The van der Waals surface area contributed by atoms with Crippen LogP contribution in [0, 0.1) is 5.41 Å². The van der Waals surface area contributed by atoms with Gasteiger partial charge in [-0.05, 0) is 126 Å². The van der Waals surface area contributed by atoms with Gasteiger partial charge in [-0.15, -0.1) is 0 Å². The molecule has 56 heavy (non-hydrogen) atoms. The summed E-state index contributed by atoms with van der Waals surface area (Å²) >= 11 is 6.85. The summed E-state index contributed by atoms with van der Waals surface area (Å²) in [5.41, 5.74) is 2.30. The lowest BCUT2D eigenvalue weighted by Crippen LogP contribution is -2.47. The summed E-state index contributed by atoms with van der Waals surface area (Å²) in [6, 6.07) is 21.8. The number of nitrogens with one attached hydrogen (secondary N) is 2. The molecule has 1 saturated heterocycles. The number of H-pyrrole nitrogens is 1. The van der Waals surface area contributed by atoms with Crippen molar-refractivity contribution >= 4 is 63.5 Å². The average Bonchev–Trinajstić information content (AvgIpc) is 3.65. The van der Waals surface area contributed by atoms with Crippen molar-refractivity contribution < 1.29 is 27.8 Å². The third-order valence-corrected chi connectivity index (χ3v) is 13.1. The molecule has 1 aliphatic heterocycles. The van der Waals surface area contributed by atoms with E-state index in [1.54, 1.807) is 24.5 Å². The van der Waals surface area contributed by atoms with Crippen LogP contribution in [0.2, 0.25) is 5.02 Å². The smallest absolute Gasteiger partial charge is 0.446 e. The summed E-state index contributed by atoms with van der Waals surface area (Å²) in [5, 5.41) is 11.2. The van der Waals surface area contributed by atoms with Gasteiger partial charge in [0.25, 0.3) is 5.91 Å². The Labute approximate surface area is 337 Å². The molecule has 3 aromatic carbocycles. The number of alkyl halides is 3. The number of hydrogen-bond acceptors (Lipinski definition) is 8. The van der Waals surface area contributed by atoms with Crippen LogP contribution in [0.1, 0.15) is 60.0 Å². The molecule has 0 unspecified atom stereocenters. The standard InChI is InChI=1S/C42H41ClF3N5O3S2/c43-31-5-2-27(3-6-31)36-23-41(12-1-13-41)14-10-29(36)25-50-16-18-51(19-17-50)32-7-9-35(37(21-32)54-33-20-28-11-15-47-39(28)48-24-33)40(53)49-56-34-8-4-30(26-52)38(22-34)55-42(44,45)46/h2-9,11,15,20-22,24,52H,1,10,12-14,16-19,23,25-26H2,(H,47,48)(H,49,53). The van der Waals surface area contributed by atoms with Crippen LogP contribution in [0.15, 0.2) is 101 Å². The number of carbonyl (C=O) groups excluding carboxylic acids is 1. The zero-order chi connectivity index (χ0) is 38.9. The highest BCUT2D eigenvalue weighted by molar-refractivity contribution is 8.00. The van der Waals surface area contributed by atoms with E-state index in [0.717, 1.165) is 73.6 Å². The van der Waals surface area contributed by atoms with Gasteiger partial charge in [0, 0.05) is 70.9 Å². The number of allylic oxidation sites excluding steroid dienone is 1. The summed E-state index contributed by atoms with van der Waals surface area (Å²) < 4.78 is 48.7. The van der Waals surface area contributed by atoms with Crippen LogP contribution in [0.4, 0.5) is 18.9 Å². The number of aliphatic hydroxyl groups excluding tert-OH is 1. The van der Waals surface area contributed by atoms with Crippen molar-refractivity contribution in [2.75, 3.05) is 37.6 Å². The minimum Gasteiger partial charge on any atom is -0.455 e. The maximum atomic E-state index is 13.7. The Bertz CT molecular complexity index is 2250. The lowest BCUT2D eigenvalue weighted by Gasteiger charge is -2.47. The summed E-state index contributed by atoms with van der Waals surface area (Å²) in [5.74, 6) is 0.304. The van der Waals surface area contributed by atoms with Gasteiger partial charge in [-0.1, -0.05) is 41.8 Å². The van der Waals surface area contributed by atoms with Gasteiger partial charge in [-0.3, -0.25) is 14.4 Å². The molecular formula is C42H41ClF3N5O3S2. The Morgan fingerprint density at radius 1 is 1.00 bits per heavy atom. The number of carbonyl (C=O) groups is 1. The Hall–Kier alpha value is -4.14. The highest BCUT2D eigenvalue weighted by Crippen LogP contribution is 2.55. The summed E-state index contributed by atoms with van der Waals surface area (Å²) in [7, 11) is 0. The first-order valence-corrected chi connectivity index (χ1v) is 20.7. The first-order chi connectivity index (χ1) is 27.0. The van der Waals surface area contributed by atoms with Crippen molar-refractivity contribution in [3.05, 3.63) is 112 Å². The van der Waals surface area contributed by atoms with E-state index in [4.69, 9.17) is 16.3 Å². The molecule has 292 valence electrons. The van der Waals surface area contributed by atoms with Gasteiger partial charge >= 0.3 is 5.51 Å². The van der Waals surface area contributed by atoms with Crippen LogP contribution in [-0.4, -0.2) is 64.1 Å². The number of aromatic nitrogens is 2. The fourth-order valence-electron chi connectivity index (χ4n) is 8.02. The SMILES string of the molecule is O=C(NSc1ccc(CO)c(SC(F)(F)F)c1)c1ccc(N2CCN(CC3=C(c4ccc(Cl)cc4)CC4(CCC4)CC3)CC2)cc1Oc1cnc2[nH]ccc2c1. The number of benzene rings is 3. The minimum atomic E-state index is -4.52. The van der Waals surface area contributed by atoms with Crippen molar-refractivity contribution in [2.45, 2.75) is 60.4 Å². The van der Waals surface area contributed by atoms with Crippen molar-refractivity contribution in [1.82, 2.24) is 19.6 Å². The molecule has 2 aliphatic carbocycles. The molecule has 1 saturated carbocycles. The number of fused-ring (bicyclic) bond motifs is 1. The molecule has 1 amide bonds. The second-order valence-corrected chi connectivity index (χ2v) is 17.2. The maximum absolute atomic E-state index is 13.7. The van der Waals surface area contributed by atoms with Crippen molar-refractivity contribution in [3.8, 4) is 11.5 Å². The molecule has 8 rings (SSSR count). The minimum absolute atomic E-state index is 0.125. The molecule has 1 spiro atoms. The fourth-order valence-corrected chi connectivity index (χ4v) is 9.55. The number of halogens is 4. The normalized spacial score (nSPS) is 17.3. The first-order valence-electron chi connectivity index (χ1n) is 18.7. The van der Waals surface area contributed by atoms with E-state index in [0.29, 0.717) is 27.5 Å². The topological polar surface area (TPSA) is 93.7 Å². The number of aliphatic hydroxyl groups is 1. The average molecular weight is 820 g/mol. The van der Waals surface area contributed by atoms with Crippen molar-refractivity contribution in [3.63, 3.8) is 0 Å². The van der Waals surface area contributed by atoms with Crippen LogP contribution < -0.4 is 14.4 Å². The van der Waals surface area contributed by atoms with Gasteiger partial charge < -0.3 is 19.7 Å². The van der Waals surface area contributed by atoms with Crippen LogP contribution >= 0.6 is 35.3 Å². The monoisotopic (exact) mass is 819 g/mol. The van der Waals surface area contributed by atoms with Gasteiger partial charge in [0.05, 0.1) is 18.4 Å². The van der Waals surface area contributed by atoms with E-state index in [2.05, 4.69) is 36.6 Å². The van der Waals surface area contributed by atoms with Crippen LogP contribution in [-0.2, 0) is 6.61 Å². The molecule has 3 N–H and O–H groups in total. The molecule has 0 bridgehead atoms. The first kappa shape index (κ1) is 38.7. The summed E-state index contributed by atoms with van der Waals surface area (Å²) in [4.78, 5) is 26.3. The molecule has 14 heteroatoms. The van der Waals surface area contributed by atoms with Gasteiger partial charge in [0.1, 0.15) is 17.1 Å². The Morgan fingerprint density at radius 2 is 1.80 bits per heavy atom. The van der Waals surface area contributed by atoms with Gasteiger partial charge in [0.2, 0.25) is 0 Å². The number of anilines is 1. The zero-order valence-corrected chi connectivity index (χ0v) is 32.9. The highest BCUT2D eigenvalue weighted by Gasteiger charge is 2.41. The van der Waals surface area contributed by atoms with Crippen LogP contribution in [0.5, 0.6) is 11.5 Å². The number of rotatable bonds is 11. The predicted molar refractivity (Wildman–Crippen MR) is 217 cm³/mol. The highest BCUT2D eigenvalue weighted by atomic mass is 35.5. The Kier molecular flexibility index (Phi) is 11.3. The molecule has 3 aliphatic rings. The fraction of sp³-hybridized carbons (Fsp3) is 0.333. The zero-order valence-electron chi connectivity index (χ0n) is 30.5. The Balaban J connectivity index is 0.987. The number of thioether (sulfide) groups is 1. The quantitative estimate of drug-likeness (QED) is 0.0896. The molecule has 0 atom stereocenters. The Morgan fingerprint density at radius 3 is 2.54 bits per heavy atom. The van der Waals surface area contributed by atoms with Gasteiger partial charge in [0.15, 0.2) is 0 Å². The van der Waals surface area contributed by atoms with E-state index in [9.17, 15) is 23.1 Å². The number of nitrogens with zero attached hydrogens (tertiary/aromatic N) is 3. The molecule has 3 heterocycles. The number of aromatic amines is 1. The number of piperazine rings is 1. The van der Waals surface area contributed by atoms with Gasteiger partial charge in [-0.2, -0.15) is 13.2 Å². The second kappa shape index (κ2) is 16.4. The van der Waals surface area contributed by atoms with E-state index in [1.807, 2.05) is 36.4 Å². The molecular weight excluding hydrogens is 779 g/mol. The number of amides is 1. The molecule has 5 aromatic rings. The number of hydrogen-bond donors (Lipinski definition) is 3. The van der Waals surface area contributed by atoms with Crippen molar-refractivity contribution in [2.24, 2.45) is 5.41 Å².